The van der Waals surface area contributed by atoms with Crippen molar-refractivity contribution in [2.45, 2.75) is 44.3 Å². The molecule has 3 fully saturated rings. The Morgan fingerprint density at radius 2 is 2.00 bits per heavy atom. The Labute approximate surface area is 107 Å². The monoisotopic (exact) mass is 251 g/mol. The summed E-state index contributed by atoms with van der Waals surface area (Å²) in [6.45, 7) is 2.70. The first kappa shape index (κ1) is 12.0. The van der Waals surface area contributed by atoms with Gasteiger partial charge in [0.15, 0.2) is 0 Å². The summed E-state index contributed by atoms with van der Waals surface area (Å²) in [7, 11) is 1.66. The third kappa shape index (κ3) is 1.90. The van der Waals surface area contributed by atoms with Crippen LogP contribution in [0.1, 0.15) is 26.2 Å². The lowest BCUT2D eigenvalue weighted by Crippen LogP contribution is -2.42. The highest BCUT2D eigenvalue weighted by Gasteiger charge is 2.53. The Morgan fingerprint density at radius 1 is 1.28 bits per heavy atom. The van der Waals surface area contributed by atoms with Crippen LogP contribution in [0.15, 0.2) is 0 Å². The van der Waals surface area contributed by atoms with E-state index >= 15 is 0 Å². The van der Waals surface area contributed by atoms with Crippen LogP contribution in [0.3, 0.4) is 0 Å². The van der Waals surface area contributed by atoms with Crippen LogP contribution in [-0.4, -0.2) is 48.4 Å². The molecule has 0 radical (unpaired) electrons. The molecule has 2 aliphatic heterocycles. The van der Waals surface area contributed by atoms with Gasteiger partial charge in [0.1, 0.15) is 6.04 Å². The fourth-order valence-corrected chi connectivity index (χ4v) is 3.21. The highest BCUT2D eigenvalue weighted by molar-refractivity contribution is 5.88. The van der Waals surface area contributed by atoms with Gasteiger partial charge in [-0.25, -0.2) is 0 Å². The van der Waals surface area contributed by atoms with Gasteiger partial charge >= 0.3 is 0 Å². The van der Waals surface area contributed by atoms with Gasteiger partial charge in [0, 0.05) is 25.7 Å². The molecule has 1 aliphatic carbocycles. The summed E-state index contributed by atoms with van der Waals surface area (Å²) in [6, 6.07) is 0.479. The van der Waals surface area contributed by atoms with Gasteiger partial charge in [-0.3, -0.25) is 14.9 Å². The first-order chi connectivity index (χ1) is 8.63. The van der Waals surface area contributed by atoms with E-state index in [2.05, 4.69) is 10.6 Å². The van der Waals surface area contributed by atoms with Crippen molar-refractivity contribution in [3.05, 3.63) is 0 Å². The van der Waals surface area contributed by atoms with E-state index in [4.69, 9.17) is 0 Å². The van der Waals surface area contributed by atoms with Crippen molar-refractivity contribution < 1.29 is 9.59 Å². The number of hydrogen-bond acceptors (Lipinski definition) is 3. The second-order valence-corrected chi connectivity index (χ2v) is 5.79. The van der Waals surface area contributed by atoms with Gasteiger partial charge < -0.3 is 10.2 Å². The fraction of sp³-hybridized carbons (Fsp3) is 0.846. The summed E-state index contributed by atoms with van der Waals surface area (Å²) in [4.78, 5) is 25.9. The highest BCUT2D eigenvalue weighted by Crippen LogP contribution is 2.40. The molecule has 2 unspecified atom stereocenters. The maximum absolute atomic E-state index is 12.3. The third-order valence-electron chi connectivity index (χ3n) is 4.64. The summed E-state index contributed by atoms with van der Waals surface area (Å²) in [5, 5.41) is 5.98. The molecule has 0 aromatic heterocycles. The van der Waals surface area contributed by atoms with Gasteiger partial charge in [-0.15, -0.1) is 0 Å². The topological polar surface area (TPSA) is 71.4 Å². The van der Waals surface area contributed by atoms with Crippen LogP contribution in [0.4, 0.5) is 0 Å². The molecule has 5 nitrogen and oxygen atoms in total. The van der Waals surface area contributed by atoms with Gasteiger partial charge in [-0.2, -0.15) is 0 Å². The van der Waals surface area contributed by atoms with Crippen molar-refractivity contribution in [2.24, 2.45) is 11.8 Å². The van der Waals surface area contributed by atoms with Crippen LogP contribution in [-0.2, 0) is 9.59 Å². The first-order valence-corrected chi connectivity index (χ1v) is 6.91. The number of likely N-dealkylation sites (tertiary alicyclic amines) is 1. The van der Waals surface area contributed by atoms with Gasteiger partial charge in [0.2, 0.25) is 11.8 Å². The number of hydrogen-bond donors (Lipinski definition) is 2. The minimum absolute atomic E-state index is 0.0275. The minimum Gasteiger partial charge on any atom is -0.359 e. The van der Waals surface area contributed by atoms with E-state index in [-0.39, 0.29) is 29.8 Å². The lowest BCUT2D eigenvalue weighted by molar-refractivity contribution is -0.132. The number of rotatable bonds is 3. The molecule has 1 saturated carbocycles. The fourth-order valence-electron chi connectivity index (χ4n) is 3.21. The third-order valence-corrected chi connectivity index (χ3v) is 4.64. The Balaban J connectivity index is 1.60. The van der Waals surface area contributed by atoms with E-state index in [0.717, 1.165) is 12.3 Å². The van der Waals surface area contributed by atoms with Crippen LogP contribution >= 0.6 is 0 Å². The van der Waals surface area contributed by atoms with Crippen molar-refractivity contribution in [3.8, 4) is 0 Å². The van der Waals surface area contributed by atoms with Crippen molar-refractivity contribution in [1.29, 1.82) is 0 Å². The zero-order valence-electron chi connectivity index (χ0n) is 11.0. The summed E-state index contributed by atoms with van der Waals surface area (Å²) in [6.07, 6.45) is 3.31. The van der Waals surface area contributed by atoms with Crippen molar-refractivity contribution >= 4 is 11.8 Å². The Bertz CT molecular complexity index is 380. The number of nitrogens with one attached hydrogen (secondary N) is 2. The number of amides is 2. The molecule has 2 heterocycles. The van der Waals surface area contributed by atoms with Crippen LogP contribution in [0, 0.1) is 11.8 Å². The summed E-state index contributed by atoms with van der Waals surface area (Å²) < 4.78 is 0. The second-order valence-electron chi connectivity index (χ2n) is 5.79. The van der Waals surface area contributed by atoms with E-state index in [9.17, 15) is 9.59 Å². The number of carbonyl (C=O) groups is 2. The molecule has 4 atom stereocenters. The molecule has 2 N–H and O–H groups in total. The average Bonchev–Trinajstić information content (AvgIpc) is 3.24. The molecular formula is C13H21N3O2. The molecular weight excluding hydrogens is 230 g/mol. The molecule has 0 spiro atoms. The Morgan fingerprint density at radius 3 is 2.61 bits per heavy atom. The zero-order chi connectivity index (χ0) is 12.9. The molecule has 5 heteroatoms. The molecule has 0 bridgehead atoms. The molecule has 0 aromatic rings. The van der Waals surface area contributed by atoms with Crippen molar-refractivity contribution in [3.63, 3.8) is 0 Å². The van der Waals surface area contributed by atoms with Crippen molar-refractivity contribution in [2.75, 3.05) is 13.6 Å². The van der Waals surface area contributed by atoms with Crippen LogP contribution < -0.4 is 10.6 Å². The second kappa shape index (κ2) is 4.23. The zero-order valence-corrected chi connectivity index (χ0v) is 11.0. The predicted molar refractivity (Wildman–Crippen MR) is 66.8 cm³/mol. The van der Waals surface area contributed by atoms with E-state index in [1.54, 1.807) is 7.05 Å². The molecule has 2 saturated heterocycles. The lowest BCUT2D eigenvalue weighted by Gasteiger charge is -2.24. The van der Waals surface area contributed by atoms with Crippen LogP contribution in [0.5, 0.6) is 0 Å². The standard InChI is InChI=1S/C13H21N3O2/c1-7-9(12(17)14-2)5-6-16(7)13(18)11-10(15-11)8-3-4-8/h7-11,15H,3-6H2,1-2H3,(H,14,17)/t7?,9?,10-,11-/m1/s1. The van der Waals surface area contributed by atoms with Crippen LogP contribution in [0.2, 0.25) is 0 Å². The summed E-state index contributed by atoms with van der Waals surface area (Å²) in [5.41, 5.74) is 0. The molecule has 3 aliphatic rings. The largest absolute Gasteiger partial charge is 0.359 e. The lowest BCUT2D eigenvalue weighted by atomic mass is 10.0. The van der Waals surface area contributed by atoms with E-state index in [1.165, 1.54) is 12.8 Å². The first-order valence-electron chi connectivity index (χ1n) is 6.91. The molecule has 3 rings (SSSR count). The maximum atomic E-state index is 12.3. The van der Waals surface area contributed by atoms with E-state index in [0.29, 0.717) is 12.6 Å². The predicted octanol–water partition coefficient (Wildman–Crippen LogP) is -0.280. The van der Waals surface area contributed by atoms with Gasteiger partial charge in [0.25, 0.3) is 0 Å². The molecule has 2 amide bonds. The van der Waals surface area contributed by atoms with Gasteiger partial charge in [0.05, 0.1) is 5.92 Å². The van der Waals surface area contributed by atoms with Crippen molar-refractivity contribution in [1.82, 2.24) is 15.5 Å². The summed E-state index contributed by atoms with van der Waals surface area (Å²) >= 11 is 0. The van der Waals surface area contributed by atoms with Crippen LogP contribution in [0.25, 0.3) is 0 Å². The Hall–Kier alpha value is -1.10. The van der Waals surface area contributed by atoms with Gasteiger partial charge in [-0.05, 0) is 32.1 Å². The minimum atomic E-state index is -0.0444. The molecule has 18 heavy (non-hydrogen) atoms. The highest BCUT2D eigenvalue weighted by atomic mass is 16.2. The SMILES string of the molecule is CNC(=O)C1CCN(C(=O)[C@@H]2N[C@@H]2C2CC2)C1C. The normalized spacial score (nSPS) is 38.7. The Kier molecular flexibility index (Phi) is 2.81. The molecule has 100 valence electrons. The number of nitrogens with zero attached hydrogens (tertiary/aromatic N) is 1. The quantitative estimate of drug-likeness (QED) is 0.678. The smallest absolute Gasteiger partial charge is 0.241 e. The van der Waals surface area contributed by atoms with E-state index < -0.39 is 0 Å². The van der Waals surface area contributed by atoms with E-state index in [1.807, 2.05) is 11.8 Å². The molecule has 0 aromatic carbocycles. The number of carbonyl (C=O) groups excluding carboxylic acids is 2. The van der Waals surface area contributed by atoms with Gasteiger partial charge in [-0.1, -0.05) is 0 Å². The maximum Gasteiger partial charge on any atom is 0.241 e. The summed E-state index contributed by atoms with van der Waals surface area (Å²) in [5.74, 6) is 0.940. The average molecular weight is 251 g/mol.